The van der Waals surface area contributed by atoms with E-state index in [1.54, 1.807) is 30.6 Å². The summed E-state index contributed by atoms with van der Waals surface area (Å²) in [7, 11) is 0. The number of hydrogen-bond donors (Lipinski definition) is 1. The summed E-state index contributed by atoms with van der Waals surface area (Å²) in [6.07, 6.45) is 3.37. The van der Waals surface area contributed by atoms with Crippen molar-refractivity contribution in [3.8, 4) is 10.6 Å². The molecule has 0 saturated carbocycles. The molecule has 4 rings (SSSR count). The summed E-state index contributed by atoms with van der Waals surface area (Å²) < 4.78 is 2.29. The number of thiazole rings is 1. The number of halogens is 1. The molecule has 0 radical (unpaired) electrons. The molecule has 26 heavy (non-hydrogen) atoms. The van der Waals surface area contributed by atoms with Crippen LogP contribution in [-0.4, -0.2) is 20.4 Å². The number of nitrogens with one attached hydrogen (secondary N) is 1. The molecule has 130 valence electrons. The Morgan fingerprint density at radius 2 is 2.08 bits per heavy atom. The maximum absolute atomic E-state index is 12.6. The first-order chi connectivity index (χ1) is 12.6. The van der Waals surface area contributed by atoms with Gasteiger partial charge >= 0.3 is 0 Å². The molecule has 0 fully saturated rings. The van der Waals surface area contributed by atoms with Gasteiger partial charge in [-0.3, -0.25) is 19.1 Å². The number of amides is 1. The van der Waals surface area contributed by atoms with Crippen LogP contribution in [0.4, 0.5) is 5.00 Å². The van der Waals surface area contributed by atoms with Crippen LogP contribution in [0.5, 0.6) is 0 Å². The van der Waals surface area contributed by atoms with Crippen molar-refractivity contribution in [2.24, 2.45) is 0 Å². The van der Waals surface area contributed by atoms with Crippen LogP contribution in [0.2, 0.25) is 0 Å². The van der Waals surface area contributed by atoms with Gasteiger partial charge in [0.25, 0.3) is 5.56 Å². The van der Waals surface area contributed by atoms with Gasteiger partial charge in [0.1, 0.15) is 16.6 Å². The summed E-state index contributed by atoms with van der Waals surface area (Å²) in [4.78, 5) is 33.3. The molecular weight excluding hydrogens is 436 g/mol. The van der Waals surface area contributed by atoms with E-state index in [1.165, 1.54) is 33.3 Å². The van der Waals surface area contributed by atoms with Crippen molar-refractivity contribution >= 4 is 60.5 Å². The molecule has 0 unspecified atom stereocenters. The summed E-state index contributed by atoms with van der Waals surface area (Å²) in [6.45, 7) is -0.0886. The fraction of sp³-hybridized carbons (Fsp3) is 0.0588. The quantitative estimate of drug-likeness (QED) is 0.514. The molecule has 4 aromatic rings. The molecule has 0 aliphatic rings. The van der Waals surface area contributed by atoms with E-state index < -0.39 is 0 Å². The highest BCUT2D eigenvalue weighted by atomic mass is 79.9. The van der Waals surface area contributed by atoms with Crippen LogP contribution in [0.3, 0.4) is 0 Å². The fourth-order valence-corrected chi connectivity index (χ4v) is 5.10. The lowest BCUT2D eigenvalue weighted by Crippen LogP contribution is -2.27. The van der Waals surface area contributed by atoms with Crippen LogP contribution in [0.1, 0.15) is 0 Å². The Bertz CT molecular complexity index is 1150. The van der Waals surface area contributed by atoms with Crippen LogP contribution in [0.15, 0.2) is 56.7 Å². The van der Waals surface area contributed by atoms with E-state index in [0.717, 1.165) is 15.0 Å². The van der Waals surface area contributed by atoms with Gasteiger partial charge in [0, 0.05) is 33.7 Å². The SMILES string of the molecule is O=C(Cn1c(=O)ccc2ncccc21)Nc1scc(Br)c1-c1nccs1. The van der Waals surface area contributed by atoms with E-state index in [2.05, 4.69) is 31.2 Å². The first kappa shape index (κ1) is 17.1. The molecule has 0 aliphatic carbocycles. The Kier molecular flexibility index (Phi) is 4.66. The van der Waals surface area contributed by atoms with E-state index in [4.69, 9.17) is 0 Å². The number of pyridine rings is 2. The lowest BCUT2D eigenvalue weighted by Gasteiger charge is -2.10. The number of anilines is 1. The van der Waals surface area contributed by atoms with Crippen LogP contribution in [0.25, 0.3) is 21.6 Å². The minimum atomic E-state index is -0.282. The standard InChI is InChI=1S/C17H11BrN4O2S2/c18-10-9-26-17(15(10)16-20-6-7-25-16)21-13(23)8-22-12-2-1-5-19-11(12)3-4-14(22)24/h1-7,9H,8H2,(H,21,23). The number of hydrogen-bond acceptors (Lipinski definition) is 6. The summed E-state index contributed by atoms with van der Waals surface area (Å²) in [5, 5.41) is 8.20. The molecule has 1 N–H and O–H groups in total. The zero-order valence-electron chi connectivity index (χ0n) is 13.2. The predicted molar refractivity (Wildman–Crippen MR) is 108 cm³/mol. The van der Waals surface area contributed by atoms with E-state index in [-0.39, 0.29) is 18.0 Å². The summed E-state index contributed by atoms with van der Waals surface area (Å²) in [5.74, 6) is -0.282. The number of carbonyl (C=O) groups excluding carboxylic acids is 1. The van der Waals surface area contributed by atoms with Crippen molar-refractivity contribution in [1.82, 2.24) is 14.5 Å². The van der Waals surface area contributed by atoms with Crippen molar-refractivity contribution in [2.45, 2.75) is 6.54 Å². The lowest BCUT2D eigenvalue weighted by molar-refractivity contribution is -0.116. The molecular formula is C17H11BrN4O2S2. The number of fused-ring (bicyclic) bond motifs is 1. The van der Waals surface area contributed by atoms with Gasteiger partial charge in [-0.1, -0.05) is 0 Å². The zero-order chi connectivity index (χ0) is 18.1. The minimum Gasteiger partial charge on any atom is -0.316 e. The first-order valence-electron chi connectivity index (χ1n) is 7.55. The van der Waals surface area contributed by atoms with Crippen molar-refractivity contribution in [3.63, 3.8) is 0 Å². The van der Waals surface area contributed by atoms with Gasteiger partial charge in [0.15, 0.2) is 0 Å². The van der Waals surface area contributed by atoms with Gasteiger partial charge < -0.3 is 5.32 Å². The Morgan fingerprint density at radius 1 is 1.19 bits per heavy atom. The van der Waals surface area contributed by atoms with Crippen molar-refractivity contribution in [3.05, 3.63) is 62.2 Å². The number of carbonyl (C=O) groups is 1. The predicted octanol–water partition coefficient (Wildman–Crippen LogP) is 3.98. The monoisotopic (exact) mass is 446 g/mol. The molecule has 0 atom stereocenters. The number of aromatic nitrogens is 3. The molecule has 0 bridgehead atoms. The Labute approximate surface area is 164 Å². The highest BCUT2D eigenvalue weighted by Gasteiger charge is 2.17. The van der Waals surface area contributed by atoms with E-state index in [0.29, 0.717) is 16.0 Å². The highest BCUT2D eigenvalue weighted by molar-refractivity contribution is 9.10. The van der Waals surface area contributed by atoms with Gasteiger partial charge in [-0.15, -0.1) is 22.7 Å². The maximum Gasteiger partial charge on any atom is 0.251 e. The molecule has 4 heterocycles. The van der Waals surface area contributed by atoms with E-state index >= 15 is 0 Å². The van der Waals surface area contributed by atoms with Crippen LogP contribution in [0, 0.1) is 0 Å². The van der Waals surface area contributed by atoms with Gasteiger partial charge in [0.05, 0.1) is 16.6 Å². The largest absolute Gasteiger partial charge is 0.316 e. The molecule has 9 heteroatoms. The second-order valence-electron chi connectivity index (χ2n) is 5.34. The van der Waals surface area contributed by atoms with Crippen LogP contribution >= 0.6 is 38.6 Å². The number of thiophene rings is 1. The summed E-state index contributed by atoms with van der Waals surface area (Å²) in [5.41, 5.74) is 1.91. The van der Waals surface area contributed by atoms with Crippen molar-refractivity contribution < 1.29 is 4.79 Å². The normalized spacial score (nSPS) is 11.0. The van der Waals surface area contributed by atoms with E-state index in [9.17, 15) is 9.59 Å². The van der Waals surface area contributed by atoms with Crippen LogP contribution < -0.4 is 10.9 Å². The zero-order valence-corrected chi connectivity index (χ0v) is 16.4. The Balaban J connectivity index is 1.64. The topological polar surface area (TPSA) is 76.9 Å². The first-order valence-corrected chi connectivity index (χ1v) is 10.1. The highest BCUT2D eigenvalue weighted by Crippen LogP contribution is 2.41. The van der Waals surface area contributed by atoms with Gasteiger partial charge in [-0.05, 0) is 34.1 Å². The molecule has 0 spiro atoms. The third-order valence-corrected chi connectivity index (χ3v) is 6.32. The average molecular weight is 447 g/mol. The van der Waals surface area contributed by atoms with Gasteiger partial charge in [0.2, 0.25) is 5.91 Å². The summed E-state index contributed by atoms with van der Waals surface area (Å²) >= 11 is 6.41. The Morgan fingerprint density at radius 3 is 2.88 bits per heavy atom. The number of nitrogens with zero attached hydrogens (tertiary/aromatic N) is 3. The molecule has 4 aromatic heterocycles. The second kappa shape index (κ2) is 7.10. The van der Waals surface area contributed by atoms with Crippen LogP contribution in [-0.2, 0) is 11.3 Å². The molecule has 0 aliphatic heterocycles. The maximum atomic E-state index is 12.6. The third-order valence-electron chi connectivity index (χ3n) is 3.70. The third kappa shape index (κ3) is 3.20. The van der Waals surface area contributed by atoms with Gasteiger partial charge in [-0.25, -0.2) is 4.98 Å². The fourth-order valence-electron chi connectivity index (χ4n) is 2.57. The van der Waals surface area contributed by atoms with Crippen molar-refractivity contribution in [1.29, 1.82) is 0 Å². The van der Waals surface area contributed by atoms with Gasteiger partial charge in [-0.2, -0.15) is 0 Å². The van der Waals surface area contributed by atoms with E-state index in [1.807, 2.05) is 10.8 Å². The van der Waals surface area contributed by atoms with Crippen molar-refractivity contribution in [2.75, 3.05) is 5.32 Å². The lowest BCUT2D eigenvalue weighted by atomic mass is 10.3. The smallest absolute Gasteiger partial charge is 0.251 e. The molecule has 0 aromatic carbocycles. The second-order valence-corrected chi connectivity index (χ2v) is 7.97. The Hall–Kier alpha value is -2.36. The molecule has 0 saturated heterocycles. The number of rotatable bonds is 4. The minimum absolute atomic E-state index is 0.0886. The molecule has 1 amide bonds. The summed E-state index contributed by atoms with van der Waals surface area (Å²) in [6, 6.07) is 6.60. The average Bonchev–Trinajstić information content (AvgIpc) is 3.27. The molecule has 6 nitrogen and oxygen atoms in total.